The van der Waals surface area contributed by atoms with Gasteiger partial charge in [-0.3, -0.25) is 0 Å². The van der Waals surface area contributed by atoms with Crippen LogP contribution in [-0.4, -0.2) is 55.3 Å². The van der Waals surface area contributed by atoms with E-state index in [-0.39, 0.29) is 15.0 Å². The minimum atomic E-state index is 0.244. The van der Waals surface area contributed by atoms with Gasteiger partial charge in [0.1, 0.15) is 0 Å². The SMILES string of the molecule is C/C=C/c1cc2c3c(c1)[Se]c1c(cccc1-n1c4c(c5ccccc51)CCCC4)B3c1ccc(N(C)C)cc1[Se]2. The second-order valence-corrected chi connectivity index (χ2v) is 15.8. The van der Waals surface area contributed by atoms with Gasteiger partial charge < -0.3 is 0 Å². The van der Waals surface area contributed by atoms with E-state index in [1.165, 1.54) is 68.9 Å². The monoisotopic (exact) mass is 650 g/mol. The van der Waals surface area contributed by atoms with Crippen molar-refractivity contribution >= 4 is 93.5 Å². The Balaban J connectivity index is 1.41. The van der Waals surface area contributed by atoms with E-state index < -0.39 is 0 Å². The Kier molecular flexibility index (Phi) is 5.94. The summed E-state index contributed by atoms with van der Waals surface area (Å²) in [4.78, 5) is 2.24. The van der Waals surface area contributed by atoms with Crippen molar-refractivity contribution in [3.8, 4) is 5.69 Å². The van der Waals surface area contributed by atoms with Gasteiger partial charge >= 0.3 is 251 Å². The summed E-state index contributed by atoms with van der Waals surface area (Å²) in [5, 5.41) is 1.46. The van der Waals surface area contributed by atoms with Gasteiger partial charge in [0.25, 0.3) is 0 Å². The van der Waals surface area contributed by atoms with E-state index >= 15 is 0 Å². The Morgan fingerprint density at radius 3 is 2.50 bits per heavy atom. The van der Waals surface area contributed by atoms with Crippen molar-refractivity contribution in [3.05, 3.63) is 95.7 Å². The van der Waals surface area contributed by atoms with Gasteiger partial charge in [-0.25, -0.2) is 0 Å². The zero-order valence-corrected chi connectivity index (χ0v) is 26.6. The van der Waals surface area contributed by atoms with E-state index in [0.29, 0.717) is 21.7 Å². The Morgan fingerprint density at radius 1 is 0.825 bits per heavy atom. The molecular formula is C35H31BN2Se2. The molecule has 196 valence electrons. The van der Waals surface area contributed by atoms with Crippen molar-refractivity contribution in [1.82, 2.24) is 4.57 Å². The average Bonchev–Trinajstić information content (AvgIpc) is 3.30. The van der Waals surface area contributed by atoms with E-state index in [1.807, 2.05) is 0 Å². The van der Waals surface area contributed by atoms with Crippen LogP contribution in [-0.2, 0) is 12.8 Å². The van der Waals surface area contributed by atoms with Gasteiger partial charge in [-0.2, -0.15) is 0 Å². The number of hydrogen-bond acceptors (Lipinski definition) is 1. The molecule has 3 aliphatic rings. The van der Waals surface area contributed by atoms with Crippen molar-refractivity contribution < 1.29 is 0 Å². The molecule has 3 heterocycles. The summed E-state index contributed by atoms with van der Waals surface area (Å²) < 4.78 is 8.93. The Labute approximate surface area is 249 Å². The van der Waals surface area contributed by atoms with Crippen LogP contribution in [0.15, 0.2) is 78.9 Å². The van der Waals surface area contributed by atoms with Gasteiger partial charge in [-0.15, -0.1) is 0 Å². The van der Waals surface area contributed by atoms with Gasteiger partial charge in [-0.1, -0.05) is 0 Å². The van der Waals surface area contributed by atoms with Crippen LogP contribution in [0.2, 0.25) is 0 Å². The number of aromatic nitrogens is 1. The van der Waals surface area contributed by atoms with Crippen LogP contribution in [0.5, 0.6) is 0 Å². The third-order valence-electron chi connectivity index (χ3n) is 8.79. The van der Waals surface area contributed by atoms with Crippen LogP contribution in [0, 0.1) is 0 Å². The summed E-state index contributed by atoms with van der Waals surface area (Å²) in [6.45, 7) is 2.45. The minimum absolute atomic E-state index is 0.244. The molecule has 5 heteroatoms. The molecule has 0 radical (unpaired) electrons. The molecule has 0 spiro atoms. The molecule has 40 heavy (non-hydrogen) atoms. The first-order valence-electron chi connectivity index (χ1n) is 14.3. The van der Waals surface area contributed by atoms with E-state index in [9.17, 15) is 0 Å². The van der Waals surface area contributed by atoms with Crippen molar-refractivity contribution in [1.29, 1.82) is 0 Å². The number of aryl methyl sites for hydroxylation is 1. The van der Waals surface area contributed by atoms with Crippen LogP contribution in [0.1, 0.15) is 36.6 Å². The summed E-state index contributed by atoms with van der Waals surface area (Å²) in [7, 11) is 4.31. The number of nitrogens with zero attached hydrogens (tertiary/aromatic N) is 2. The van der Waals surface area contributed by atoms with Gasteiger partial charge in [0.2, 0.25) is 0 Å². The average molecular weight is 648 g/mol. The fourth-order valence-corrected chi connectivity index (χ4v) is 12.8. The predicted molar refractivity (Wildman–Crippen MR) is 177 cm³/mol. The van der Waals surface area contributed by atoms with Crippen LogP contribution in [0.25, 0.3) is 22.7 Å². The molecular weight excluding hydrogens is 617 g/mol. The van der Waals surface area contributed by atoms with Crippen LogP contribution >= 0.6 is 0 Å². The van der Waals surface area contributed by atoms with E-state index in [4.69, 9.17) is 0 Å². The molecule has 0 bridgehead atoms. The normalized spacial score (nSPS) is 15.1. The number of hydrogen-bond donors (Lipinski definition) is 0. The van der Waals surface area contributed by atoms with Crippen LogP contribution in [0.4, 0.5) is 5.69 Å². The van der Waals surface area contributed by atoms with Crippen molar-refractivity contribution in [2.24, 2.45) is 0 Å². The number of anilines is 1. The first kappa shape index (κ1) is 24.8. The molecule has 0 amide bonds. The predicted octanol–water partition coefficient (Wildman–Crippen LogP) is 2.06. The summed E-state index contributed by atoms with van der Waals surface area (Å²) >= 11 is 0.550. The molecule has 5 aromatic rings. The Hall–Kier alpha value is -2.94. The molecule has 0 unspecified atom stereocenters. The molecule has 1 aromatic heterocycles. The third-order valence-corrected chi connectivity index (χ3v) is 13.7. The zero-order chi connectivity index (χ0) is 27.0. The number of benzene rings is 4. The van der Waals surface area contributed by atoms with Gasteiger partial charge in [0, 0.05) is 0 Å². The molecule has 4 aromatic carbocycles. The maximum absolute atomic E-state index is 2.66. The molecule has 2 nitrogen and oxygen atoms in total. The fourth-order valence-electron chi connectivity index (χ4n) is 7.03. The number of rotatable bonds is 3. The third kappa shape index (κ3) is 3.69. The van der Waals surface area contributed by atoms with Gasteiger partial charge in [0.15, 0.2) is 0 Å². The fraction of sp³-hybridized carbons (Fsp3) is 0.200. The van der Waals surface area contributed by atoms with E-state index in [2.05, 4.69) is 115 Å². The molecule has 0 saturated carbocycles. The quantitative estimate of drug-likeness (QED) is 0.267. The molecule has 8 rings (SSSR count). The first-order valence-corrected chi connectivity index (χ1v) is 17.8. The molecule has 0 fully saturated rings. The molecule has 1 aliphatic carbocycles. The Bertz CT molecular complexity index is 1870. The zero-order valence-electron chi connectivity index (χ0n) is 23.2. The van der Waals surface area contributed by atoms with E-state index in [0.717, 1.165) is 0 Å². The van der Waals surface area contributed by atoms with Crippen molar-refractivity contribution in [3.63, 3.8) is 0 Å². The van der Waals surface area contributed by atoms with Crippen molar-refractivity contribution in [2.45, 2.75) is 32.6 Å². The van der Waals surface area contributed by atoms with Crippen LogP contribution in [0.3, 0.4) is 0 Å². The summed E-state index contributed by atoms with van der Waals surface area (Å²) in [5.74, 6) is 0. The number of allylic oxidation sites excluding steroid dienone is 1. The summed E-state index contributed by atoms with van der Waals surface area (Å²) in [6.07, 6.45) is 9.45. The molecule has 2 aliphatic heterocycles. The molecule has 0 atom stereocenters. The topological polar surface area (TPSA) is 8.17 Å². The standard InChI is InChI=1S/C35H31BN2Se2/c1-4-10-22-19-32-34-33(20-22)40-35-27(36(34)26-18-17-23(37(2)3)21-31(26)39-32)13-9-16-30(35)38-28-14-7-5-11-24(28)25-12-6-8-15-29(25)38/h4-5,7,9-11,13-14,16-21H,6,8,12,15H2,1-3H3/b10-4+. The van der Waals surface area contributed by atoms with E-state index in [1.54, 1.807) is 30.1 Å². The number of para-hydroxylation sites is 1. The van der Waals surface area contributed by atoms with Gasteiger partial charge in [-0.05, 0) is 0 Å². The summed E-state index contributed by atoms with van der Waals surface area (Å²) in [5.41, 5.74) is 13.3. The maximum atomic E-state index is 2.66. The molecule has 0 N–H and O–H groups in total. The Morgan fingerprint density at radius 2 is 1.65 bits per heavy atom. The van der Waals surface area contributed by atoms with Crippen LogP contribution < -0.4 is 39.1 Å². The second kappa shape index (κ2) is 9.57. The first-order chi connectivity index (χ1) is 19.6. The molecule has 0 saturated heterocycles. The number of fused-ring (bicyclic) bond motifs is 7. The second-order valence-electron chi connectivity index (χ2n) is 11.4. The van der Waals surface area contributed by atoms with Crippen molar-refractivity contribution in [2.75, 3.05) is 19.0 Å². The van der Waals surface area contributed by atoms with Gasteiger partial charge in [0.05, 0.1) is 0 Å². The summed E-state index contributed by atoms with van der Waals surface area (Å²) in [6, 6.07) is 28.5.